The molecular weight excluding hydrogens is 550 g/mol. The second-order valence-electron chi connectivity index (χ2n) is 10.7. The molecule has 1 atom stereocenters. The van der Waals surface area contributed by atoms with Crippen LogP contribution in [0, 0.1) is 0 Å². The van der Waals surface area contributed by atoms with Crippen molar-refractivity contribution in [2.24, 2.45) is 0 Å². The average Bonchev–Trinajstić information content (AvgIpc) is 3.55. The third kappa shape index (κ3) is 6.74. The lowest BCUT2D eigenvalue weighted by atomic mass is 9.79. The van der Waals surface area contributed by atoms with Crippen LogP contribution in [0.25, 0.3) is 0 Å². The summed E-state index contributed by atoms with van der Waals surface area (Å²) >= 11 is 0. The zero-order chi connectivity index (χ0) is 29.6. The van der Waals surface area contributed by atoms with Gasteiger partial charge in [0.25, 0.3) is 10.0 Å². The molecular formula is C33H35N3O5S. The van der Waals surface area contributed by atoms with Gasteiger partial charge in [-0.2, -0.15) is 8.42 Å². The number of anilines is 1. The van der Waals surface area contributed by atoms with Crippen molar-refractivity contribution >= 4 is 21.7 Å². The topological polar surface area (TPSA) is 121 Å². The van der Waals surface area contributed by atoms with E-state index >= 15 is 0 Å². The summed E-state index contributed by atoms with van der Waals surface area (Å²) in [7, 11) is -3.91. The first-order valence-electron chi connectivity index (χ1n) is 14.1. The number of rotatable bonds is 12. The quantitative estimate of drug-likeness (QED) is 0.164. The van der Waals surface area contributed by atoms with E-state index in [-0.39, 0.29) is 22.9 Å². The summed E-state index contributed by atoms with van der Waals surface area (Å²) in [6.45, 7) is 1.92. The standard InChI is InChI=1S/C33H35N3O5S/c1-2-28(26-14-9-15-27(22-26)36-42(39,40)32-34-20-21-35-32)30-29(37)23-33(41-31(30)38,18-16-24-10-5-3-6-11-24)19-17-25-12-7-4-8-13-25/h3-15,20-22,28,36-37H,2,16-19,23H2,1H3,(H,34,35). The van der Waals surface area contributed by atoms with Crippen LogP contribution in [0.15, 0.2) is 114 Å². The molecule has 0 radical (unpaired) electrons. The molecule has 8 nitrogen and oxygen atoms in total. The molecule has 1 aliphatic rings. The number of hydrogen-bond acceptors (Lipinski definition) is 6. The summed E-state index contributed by atoms with van der Waals surface area (Å²) in [5, 5.41) is 11.3. The average molecular weight is 586 g/mol. The third-order valence-electron chi connectivity index (χ3n) is 7.78. The van der Waals surface area contributed by atoms with Crippen molar-refractivity contribution in [3.8, 4) is 0 Å². The van der Waals surface area contributed by atoms with Gasteiger partial charge in [-0.15, -0.1) is 0 Å². The molecule has 3 aromatic carbocycles. The van der Waals surface area contributed by atoms with E-state index in [1.54, 1.807) is 18.2 Å². The van der Waals surface area contributed by atoms with Crippen LogP contribution < -0.4 is 4.72 Å². The minimum Gasteiger partial charge on any atom is -0.512 e. The molecule has 0 saturated carbocycles. The number of carbonyl (C=O) groups excluding carboxylic acids is 1. The predicted octanol–water partition coefficient (Wildman–Crippen LogP) is 6.47. The number of sulfonamides is 1. The number of H-pyrrole nitrogens is 1. The first kappa shape index (κ1) is 29.1. The van der Waals surface area contributed by atoms with Crippen molar-refractivity contribution in [1.29, 1.82) is 0 Å². The first-order chi connectivity index (χ1) is 20.3. The fourth-order valence-electron chi connectivity index (χ4n) is 5.61. The van der Waals surface area contributed by atoms with Gasteiger partial charge in [-0.1, -0.05) is 79.7 Å². The van der Waals surface area contributed by atoms with Crippen LogP contribution in [0.4, 0.5) is 5.69 Å². The van der Waals surface area contributed by atoms with Crippen LogP contribution in [0.2, 0.25) is 0 Å². The SMILES string of the molecule is CCC(C1=C(O)CC(CCc2ccccc2)(CCc2ccccc2)OC1=O)c1cccc(NS(=O)(=O)c2ncc[nH]2)c1. The van der Waals surface area contributed by atoms with Crippen molar-refractivity contribution in [1.82, 2.24) is 9.97 Å². The molecule has 0 spiro atoms. The highest BCUT2D eigenvalue weighted by Gasteiger charge is 2.43. The molecule has 9 heteroatoms. The third-order valence-corrected chi connectivity index (χ3v) is 9.02. The number of aromatic amines is 1. The Labute approximate surface area is 246 Å². The van der Waals surface area contributed by atoms with Crippen molar-refractivity contribution in [2.75, 3.05) is 4.72 Å². The summed E-state index contributed by atoms with van der Waals surface area (Å²) in [5.74, 6) is -0.985. The Hall–Kier alpha value is -4.37. The van der Waals surface area contributed by atoms with E-state index in [1.165, 1.54) is 12.4 Å². The van der Waals surface area contributed by atoms with Crippen molar-refractivity contribution in [3.63, 3.8) is 0 Å². The number of carbonyl (C=O) groups is 1. The summed E-state index contributed by atoms with van der Waals surface area (Å²) in [6, 6.07) is 26.9. The van der Waals surface area contributed by atoms with Gasteiger partial charge in [0.2, 0.25) is 5.16 Å². The Morgan fingerprint density at radius 2 is 1.62 bits per heavy atom. The van der Waals surface area contributed by atoms with E-state index in [9.17, 15) is 18.3 Å². The minimum absolute atomic E-state index is 0.0285. The van der Waals surface area contributed by atoms with Crippen LogP contribution in [-0.2, 0) is 32.4 Å². The van der Waals surface area contributed by atoms with E-state index in [0.717, 1.165) is 11.1 Å². The highest BCUT2D eigenvalue weighted by atomic mass is 32.2. The first-order valence-corrected chi connectivity index (χ1v) is 15.6. The van der Waals surface area contributed by atoms with Crippen molar-refractivity contribution in [2.45, 2.75) is 62.1 Å². The number of esters is 1. The number of nitrogens with one attached hydrogen (secondary N) is 2. The van der Waals surface area contributed by atoms with Gasteiger partial charge in [0, 0.05) is 30.4 Å². The second kappa shape index (κ2) is 12.7. The van der Waals surface area contributed by atoms with E-state index in [0.29, 0.717) is 43.4 Å². The summed E-state index contributed by atoms with van der Waals surface area (Å²) in [5.41, 5.74) is 2.67. The molecule has 0 aliphatic carbocycles. The van der Waals surface area contributed by atoms with Crippen molar-refractivity contribution < 1.29 is 23.1 Å². The molecule has 5 rings (SSSR count). The Morgan fingerprint density at radius 3 is 2.17 bits per heavy atom. The number of hydrogen-bond donors (Lipinski definition) is 3. The van der Waals surface area contributed by atoms with Crippen LogP contribution >= 0.6 is 0 Å². The highest BCUT2D eigenvalue weighted by Crippen LogP contribution is 2.42. The molecule has 1 aliphatic heterocycles. The van der Waals surface area contributed by atoms with E-state index in [4.69, 9.17) is 4.74 Å². The molecule has 1 unspecified atom stereocenters. The van der Waals surface area contributed by atoms with Gasteiger partial charge in [0.1, 0.15) is 11.4 Å². The van der Waals surface area contributed by atoms with Crippen molar-refractivity contribution in [3.05, 3.63) is 125 Å². The fourth-order valence-corrected chi connectivity index (χ4v) is 6.57. The Kier molecular flexibility index (Phi) is 8.77. The number of benzene rings is 3. The van der Waals surface area contributed by atoms with Gasteiger partial charge in [0.15, 0.2) is 0 Å². The maximum Gasteiger partial charge on any atom is 0.338 e. The number of imidazole rings is 1. The Morgan fingerprint density at radius 1 is 0.976 bits per heavy atom. The maximum absolute atomic E-state index is 13.7. The fraction of sp³-hybridized carbons (Fsp3) is 0.273. The number of cyclic esters (lactones) is 1. The van der Waals surface area contributed by atoms with E-state index in [2.05, 4.69) is 39.0 Å². The number of ether oxygens (including phenoxy) is 1. The largest absolute Gasteiger partial charge is 0.512 e. The van der Waals surface area contributed by atoms with Crippen LogP contribution in [0.1, 0.15) is 55.2 Å². The molecule has 0 amide bonds. The summed E-state index contributed by atoms with van der Waals surface area (Å²) < 4.78 is 34.2. The smallest absolute Gasteiger partial charge is 0.338 e. The maximum atomic E-state index is 13.7. The zero-order valence-electron chi connectivity index (χ0n) is 23.5. The Bertz CT molecular complexity index is 1590. The minimum atomic E-state index is -3.91. The lowest BCUT2D eigenvalue weighted by Crippen LogP contribution is -2.42. The number of aryl methyl sites for hydroxylation is 2. The van der Waals surface area contributed by atoms with Gasteiger partial charge in [0.05, 0.1) is 5.57 Å². The van der Waals surface area contributed by atoms with Crippen LogP contribution in [0.5, 0.6) is 0 Å². The number of aromatic nitrogens is 2. The number of aliphatic hydroxyl groups is 1. The number of aliphatic hydroxyl groups excluding tert-OH is 1. The zero-order valence-corrected chi connectivity index (χ0v) is 24.3. The molecule has 0 bridgehead atoms. The molecule has 0 saturated heterocycles. The normalized spacial score (nSPS) is 15.7. The lowest BCUT2D eigenvalue weighted by Gasteiger charge is -2.39. The van der Waals surface area contributed by atoms with Gasteiger partial charge >= 0.3 is 5.97 Å². The molecule has 4 aromatic rings. The van der Waals surface area contributed by atoms with Crippen LogP contribution in [-0.4, -0.2) is 35.1 Å². The highest BCUT2D eigenvalue weighted by molar-refractivity contribution is 7.92. The molecule has 42 heavy (non-hydrogen) atoms. The second-order valence-corrected chi connectivity index (χ2v) is 12.3. The van der Waals surface area contributed by atoms with Gasteiger partial charge in [-0.25, -0.2) is 9.78 Å². The molecule has 1 aromatic heterocycles. The monoisotopic (exact) mass is 585 g/mol. The van der Waals surface area contributed by atoms with E-state index in [1.807, 2.05) is 49.4 Å². The molecule has 2 heterocycles. The van der Waals surface area contributed by atoms with Gasteiger partial charge in [-0.05, 0) is 60.9 Å². The summed E-state index contributed by atoms with van der Waals surface area (Å²) in [4.78, 5) is 20.1. The van der Waals surface area contributed by atoms with Gasteiger partial charge < -0.3 is 14.8 Å². The molecule has 218 valence electrons. The lowest BCUT2D eigenvalue weighted by molar-refractivity contribution is -0.161. The Balaban J connectivity index is 1.41. The summed E-state index contributed by atoms with van der Waals surface area (Å²) in [6.07, 6.45) is 6.09. The molecule has 0 fully saturated rings. The van der Waals surface area contributed by atoms with E-state index < -0.39 is 27.5 Å². The predicted molar refractivity (Wildman–Crippen MR) is 161 cm³/mol. The van der Waals surface area contributed by atoms with Crippen LogP contribution in [0.3, 0.4) is 0 Å². The molecule has 3 N–H and O–H groups in total. The number of nitrogens with zero attached hydrogens (tertiary/aromatic N) is 1. The van der Waals surface area contributed by atoms with Gasteiger partial charge in [-0.3, -0.25) is 4.72 Å².